The molecule has 0 fully saturated rings. The summed E-state index contributed by atoms with van der Waals surface area (Å²) >= 11 is 5.80. The largest absolute Gasteiger partial charge is 0.477 e. The van der Waals surface area contributed by atoms with Gasteiger partial charge in [-0.15, -0.1) is 0 Å². The second-order valence-corrected chi connectivity index (χ2v) is 2.79. The summed E-state index contributed by atoms with van der Waals surface area (Å²) in [6, 6.07) is 7.33. The van der Waals surface area contributed by atoms with Gasteiger partial charge in [0.25, 0.3) is 0 Å². The molecule has 0 aliphatic rings. The van der Waals surface area contributed by atoms with Crippen LogP contribution in [-0.2, 0) is 0 Å². The molecule has 2 nitrogen and oxygen atoms in total. The van der Waals surface area contributed by atoms with Crippen molar-refractivity contribution in [3.05, 3.63) is 28.8 Å². The fourth-order valence-corrected chi connectivity index (χ4v) is 1.00. The molecule has 12 heavy (non-hydrogen) atoms. The Kier molecular flexibility index (Phi) is 2.95. The Labute approximate surface area is 76.3 Å². The molecule has 1 rings (SSSR count). The lowest BCUT2D eigenvalue weighted by molar-refractivity contribution is 0.368. The molecule has 0 bridgehead atoms. The van der Waals surface area contributed by atoms with Gasteiger partial charge in [-0.3, -0.25) is 0 Å². The summed E-state index contributed by atoms with van der Waals surface area (Å²) in [5.41, 5.74) is 1.06. The van der Waals surface area contributed by atoms with Crippen LogP contribution in [0.4, 0.5) is 0 Å². The summed E-state index contributed by atoms with van der Waals surface area (Å²) < 4.78 is 5.07. The molecule has 1 aromatic carbocycles. The second kappa shape index (κ2) is 3.99. The Morgan fingerprint density at radius 1 is 1.58 bits per heavy atom. The van der Waals surface area contributed by atoms with Crippen LogP contribution in [0.3, 0.4) is 0 Å². The van der Waals surface area contributed by atoms with Crippen LogP contribution >= 0.6 is 11.6 Å². The number of aryl methyl sites for hydroxylation is 1. The quantitative estimate of drug-likeness (QED) is 0.703. The highest BCUT2D eigenvalue weighted by molar-refractivity contribution is 6.32. The van der Waals surface area contributed by atoms with Crippen LogP contribution in [0.25, 0.3) is 0 Å². The normalized spacial score (nSPS) is 9.08. The zero-order valence-electron chi connectivity index (χ0n) is 6.67. The Hall–Kier alpha value is -1.20. The van der Waals surface area contributed by atoms with Gasteiger partial charge in [0.05, 0.1) is 5.02 Å². The molecule has 0 saturated carbocycles. The van der Waals surface area contributed by atoms with Gasteiger partial charge in [-0.05, 0) is 24.6 Å². The van der Waals surface area contributed by atoms with E-state index in [0.717, 1.165) is 5.56 Å². The minimum absolute atomic E-state index is 0.0309. The van der Waals surface area contributed by atoms with Crippen LogP contribution in [0.2, 0.25) is 5.02 Å². The maximum Gasteiger partial charge on any atom is 0.174 e. The van der Waals surface area contributed by atoms with Gasteiger partial charge >= 0.3 is 0 Å². The number of ether oxygens (including phenoxy) is 1. The summed E-state index contributed by atoms with van der Waals surface area (Å²) in [7, 11) is 0. The number of halogens is 1. The summed E-state index contributed by atoms with van der Waals surface area (Å²) in [6.45, 7) is 1.97. The van der Waals surface area contributed by atoms with Gasteiger partial charge in [0.2, 0.25) is 0 Å². The lowest BCUT2D eigenvalue weighted by atomic mass is 10.2. The number of nitriles is 1. The van der Waals surface area contributed by atoms with Gasteiger partial charge in [0.15, 0.2) is 6.61 Å². The molecule has 0 spiro atoms. The van der Waals surface area contributed by atoms with Crippen molar-refractivity contribution in [3.63, 3.8) is 0 Å². The Morgan fingerprint density at radius 3 is 3.00 bits per heavy atom. The van der Waals surface area contributed by atoms with Crippen molar-refractivity contribution < 1.29 is 4.74 Å². The van der Waals surface area contributed by atoms with E-state index in [0.29, 0.717) is 10.8 Å². The van der Waals surface area contributed by atoms with Gasteiger partial charge in [-0.25, -0.2) is 0 Å². The molecule has 0 N–H and O–H groups in total. The minimum Gasteiger partial charge on any atom is -0.477 e. The topological polar surface area (TPSA) is 33.0 Å². The summed E-state index contributed by atoms with van der Waals surface area (Å²) in [6.07, 6.45) is 0. The maximum atomic E-state index is 8.27. The summed E-state index contributed by atoms with van der Waals surface area (Å²) in [4.78, 5) is 0. The van der Waals surface area contributed by atoms with E-state index in [1.165, 1.54) is 0 Å². The van der Waals surface area contributed by atoms with Gasteiger partial charge in [0.1, 0.15) is 11.8 Å². The Morgan fingerprint density at radius 2 is 2.33 bits per heavy atom. The first-order valence-corrected chi connectivity index (χ1v) is 3.87. The van der Waals surface area contributed by atoms with E-state index in [4.69, 9.17) is 21.6 Å². The Balaban J connectivity index is 2.84. The van der Waals surface area contributed by atoms with Crippen LogP contribution in [0.5, 0.6) is 5.75 Å². The van der Waals surface area contributed by atoms with Crippen molar-refractivity contribution in [3.8, 4) is 11.8 Å². The first kappa shape index (κ1) is 8.89. The van der Waals surface area contributed by atoms with Crippen molar-refractivity contribution in [2.24, 2.45) is 0 Å². The molecule has 0 heterocycles. The van der Waals surface area contributed by atoms with E-state index in [1.54, 1.807) is 12.1 Å². The fraction of sp³-hybridized carbons (Fsp3) is 0.222. The van der Waals surface area contributed by atoms with E-state index in [-0.39, 0.29) is 6.61 Å². The molecule has 0 aromatic heterocycles. The Bertz CT molecular complexity index is 317. The second-order valence-electron chi connectivity index (χ2n) is 2.38. The van der Waals surface area contributed by atoms with Gasteiger partial charge in [0, 0.05) is 0 Å². The molecule has 0 radical (unpaired) electrons. The van der Waals surface area contributed by atoms with Crippen molar-refractivity contribution >= 4 is 11.6 Å². The van der Waals surface area contributed by atoms with Crippen molar-refractivity contribution in [2.75, 3.05) is 6.61 Å². The third-order valence-electron chi connectivity index (χ3n) is 1.38. The lowest BCUT2D eigenvalue weighted by Gasteiger charge is -2.04. The van der Waals surface area contributed by atoms with E-state index in [9.17, 15) is 0 Å². The maximum absolute atomic E-state index is 8.27. The fourth-order valence-electron chi connectivity index (χ4n) is 0.831. The molecule has 3 heteroatoms. The predicted molar refractivity (Wildman–Crippen MR) is 47.3 cm³/mol. The highest BCUT2D eigenvalue weighted by Gasteiger charge is 1.99. The van der Waals surface area contributed by atoms with E-state index < -0.39 is 0 Å². The molecule has 0 saturated heterocycles. The highest BCUT2D eigenvalue weighted by Crippen LogP contribution is 2.24. The van der Waals surface area contributed by atoms with Crippen LogP contribution in [0, 0.1) is 18.3 Å². The first-order valence-electron chi connectivity index (χ1n) is 3.50. The molecule has 0 aliphatic heterocycles. The predicted octanol–water partition coefficient (Wildman–Crippen LogP) is 2.55. The van der Waals surface area contributed by atoms with Crippen LogP contribution in [-0.4, -0.2) is 6.61 Å². The number of hydrogen-bond donors (Lipinski definition) is 0. The van der Waals surface area contributed by atoms with E-state index in [2.05, 4.69) is 0 Å². The van der Waals surface area contributed by atoms with E-state index >= 15 is 0 Å². The standard InChI is InChI=1S/C9H8ClNO/c1-7-2-3-8(10)9(6-7)12-5-4-11/h2-3,6H,5H2,1H3. The average molecular weight is 182 g/mol. The molecule has 0 aliphatic carbocycles. The lowest BCUT2D eigenvalue weighted by Crippen LogP contribution is -1.94. The average Bonchev–Trinajstić information content (AvgIpc) is 2.07. The van der Waals surface area contributed by atoms with Crippen molar-refractivity contribution in [1.29, 1.82) is 5.26 Å². The summed E-state index contributed by atoms with van der Waals surface area (Å²) in [5.74, 6) is 0.568. The highest BCUT2D eigenvalue weighted by atomic mass is 35.5. The van der Waals surface area contributed by atoms with Crippen molar-refractivity contribution in [2.45, 2.75) is 6.92 Å². The molecule has 0 amide bonds. The third-order valence-corrected chi connectivity index (χ3v) is 1.69. The zero-order valence-corrected chi connectivity index (χ0v) is 7.43. The minimum atomic E-state index is 0.0309. The molecule has 0 atom stereocenters. The van der Waals surface area contributed by atoms with Crippen molar-refractivity contribution in [1.82, 2.24) is 0 Å². The molecule has 0 unspecified atom stereocenters. The number of hydrogen-bond acceptors (Lipinski definition) is 2. The smallest absolute Gasteiger partial charge is 0.174 e. The van der Waals surface area contributed by atoms with E-state index in [1.807, 2.05) is 19.1 Å². The van der Waals surface area contributed by atoms with Gasteiger partial charge in [-0.1, -0.05) is 17.7 Å². The van der Waals surface area contributed by atoms with Gasteiger partial charge < -0.3 is 4.74 Å². The SMILES string of the molecule is Cc1ccc(Cl)c(OCC#N)c1. The van der Waals surface area contributed by atoms with Crippen LogP contribution in [0.1, 0.15) is 5.56 Å². The molecule has 62 valence electrons. The molecular weight excluding hydrogens is 174 g/mol. The zero-order chi connectivity index (χ0) is 8.97. The molecular formula is C9H8ClNO. The van der Waals surface area contributed by atoms with Crippen LogP contribution in [0.15, 0.2) is 18.2 Å². The first-order chi connectivity index (χ1) is 5.74. The number of rotatable bonds is 2. The summed E-state index contributed by atoms with van der Waals surface area (Å²) in [5, 5.41) is 8.81. The number of benzene rings is 1. The monoisotopic (exact) mass is 181 g/mol. The molecule has 1 aromatic rings. The van der Waals surface area contributed by atoms with Gasteiger partial charge in [-0.2, -0.15) is 5.26 Å². The van der Waals surface area contributed by atoms with Crippen LogP contribution < -0.4 is 4.74 Å². The number of nitrogens with zero attached hydrogens (tertiary/aromatic N) is 1. The third kappa shape index (κ3) is 2.14.